The normalized spacial score (nSPS) is 15.3. The second kappa shape index (κ2) is 12.3. The van der Waals surface area contributed by atoms with Crippen LogP contribution in [-0.4, -0.2) is 138 Å². The van der Waals surface area contributed by atoms with Crippen LogP contribution < -0.4 is 0 Å². The maximum atomic E-state index is 12.0. The van der Waals surface area contributed by atoms with Gasteiger partial charge >= 0.3 is 109 Å². The zero-order valence-electron chi connectivity index (χ0n) is 15.5. The number of benzene rings is 1. The Bertz CT molecular complexity index is 907. The minimum absolute atomic E-state index is 0. The number of ether oxygens (including phenoxy) is 1. The van der Waals surface area contributed by atoms with Crippen LogP contribution in [0.3, 0.4) is 0 Å². The Labute approximate surface area is 262 Å². The van der Waals surface area contributed by atoms with Gasteiger partial charge in [0, 0.05) is 29.9 Å². The van der Waals surface area contributed by atoms with Gasteiger partial charge in [-0.2, -0.15) is 0 Å². The molecule has 7 heteroatoms. The van der Waals surface area contributed by atoms with Crippen molar-refractivity contribution in [2.45, 2.75) is 32.6 Å². The summed E-state index contributed by atoms with van der Waals surface area (Å²) in [5.41, 5.74) is 7.46. The van der Waals surface area contributed by atoms with E-state index in [-0.39, 0.29) is 109 Å². The van der Waals surface area contributed by atoms with E-state index in [1.165, 1.54) is 27.8 Å². The van der Waals surface area contributed by atoms with Crippen molar-refractivity contribution in [3.8, 4) is 0 Å². The Kier molecular flexibility index (Phi) is 11.1. The van der Waals surface area contributed by atoms with Gasteiger partial charge in [-0.3, -0.25) is 4.98 Å². The summed E-state index contributed by atoms with van der Waals surface area (Å²) >= 11 is 6.27. The molecule has 0 radical (unpaired) electrons. The number of hydrogen-bond acceptors (Lipinski definition) is 3. The summed E-state index contributed by atoms with van der Waals surface area (Å²) in [6.45, 7) is 3.62. The first kappa shape index (κ1) is 26.2. The number of pyridine rings is 1. The first-order valence-corrected chi connectivity index (χ1v) is 9.92. The summed E-state index contributed by atoms with van der Waals surface area (Å²) in [4.78, 5) is 18.6. The van der Waals surface area contributed by atoms with Crippen molar-refractivity contribution < 1.29 is 9.53 Å². The Morgan fingerprint density at radius 2 is 1.83 bits per heavy atom. The molecule has 4 rings (SSSR count). The van der Waals surface area contributed by atoms with Gasteiger partial charge in [-0.1, -0.05) is 29.3 Å². The van der Waals surface area contributed by atoms with E-state index in [4.69, 9.17) is 21.3 Å². The number of aromatic nitrogens is 1. The van der Waals surface area contributed by atoms with Gasteiger partial charge in [-0.15, -0.1) is 0 Å². The summed E-state index contributed by atoms with van der Waals surface area (Å²) < 4.78 is 5.15. The van der Waals surface area contributed by atoms with Crippen LogP contribution in [-0.2, 0) is 17.6 Å². The molecule has 2 aromatic rings. The van der Waals surface area contributed by atoms with Gasteiger partial charge in [0.2, 0.25) is 0 Å². The van der Waals surface area contributed by atoms with Crippen molar-refractivity contribution in [2.24, 2.45) is 0 Å². The number of piperidine rings is 1. The molecule has 1 amide bonds. The molecule has 1 saturated heterocycles. The quantitative estimate of drug-likeness (QED) is 0.608. The number of fused-ring (bicyclic) bond motifs is 2. The number of hydrogen-bond donors (Lipinski definition) is 0. The molecule has 1 aliphatic carbocycles. The van der Waals surface area contributed by atoms with Crippen molar-refractivity contribution in [3.63, 3.8) is 0 Å². The molecular formula is C22H25ClK2N2O2. The van der Waals surface area contributed by atoms with Crippen LogP contribution in [0.1, 0.15) is 42.1 Å². The van der Waals surface area contributed by atoms with E-state index in [1.807, 2.05) is 25.3 Å². The van der Waals surface area contributed by atoms with Crippen LogP contribution in [0.2, 0.25) is 5.02 Å². The summed E-state index contributed by atoms with van der Waals surface area (Å²) in [6, 6.07) is 10.3. The number of halogens is 1. The standard InChI is InChI=1S/C22H23ClN2O2.2K.2H/c1-2-27-22(26)25-12-9-15(10-13-25)20-19-8-7-18(23)14-17(19)6-5-16-4-3-11-24-21(16)20;;;;/h3-4,7-8,11,14H,2,5-6,9-10,12-13H2,1H3;;;;. The summed E-state index contributed by atoms with van der Waals surface area (Å²) in [6.07, 6.45) is 5.25. The van der Waals surface area contributed by atoms with Gasteiger partial charge in [0.15, 0.2) is 0 Å². The van der Waals surface area contributed by atoms with Crippen molar-refractivity contribution >= 4 is 126 Å². The summed E-state index contributed by atoms with van der Waals surface area (Å²) in [5.74, 6) is 0. The average molecular weight is 463 g/mol. The number of nitrogens with zero attached hydrogens (tertiary/aromatic N) is 2. The zero-order chi connectivity index (χ0) is 18.8. The first-order valence-electron chi connectivity index (χ1n) is 9.54. The molecule has 144 valence electrons. The zero-order valence-corrected chi connectivity index (χ0v) is 16.3. The maximum absolute atomic E-state index is 12.0. The number of rotatable bonds is 1. The van der Waals surface area contributed by atoms with Crippen LogP contribution in [0.5, 0.6) is 0 Å². The monoisotopic (exact) mass is 462 g/mol. The van der Waals surface area contributed by atoms with E-state index in [0.717, 1.165) is 36.4 Å². The number of carbonyl (C=O) groups is 1. The van der Waals surface area contributed by atoms with Crippen LogP contribution in [0.15, 0.2) is 42.1 Å². The van der Waals surface area contributed by atoms with E-state index in [0.29, 0.717) is 19.7 Å². The molecule has 29 heavy (non-hydrogen) atoms. The number of amides is 1. The van der Waals surface area contributed by atoms with E-state index >= 15 is 0 Å². The van der Waals surface area contributed by atoms with Gasteiger partial charge in [0.1, 0.15) is 0 Å². The molecule has 0 atom stereocenters. The molecule has 0 N–H and O–H groups in total. The molecule has 1 aromatic carbocycles. The van der Waals surface area contributed by atoms with Crippen molar-refractivity contribution in [2.75, 3.05) is 19.7 Å². The first-order chi connectivity index (χ1) is 13.2. The molecule has 0 bridgehead atoms. The van der Waals surface area contributed by atoms with E-state index < -0.39 is 0 Å². The summed E-state index contributed by atoms with van der Waals surface area (Å²) in [7, 11) is 0. The predicted molar refractivity (Wildman–Crippen MR) is 121 cm³/mol. The predicted octanol–water partition coefficient (Wildman–Crippen LogP) is 3.59. The third-order valence-electron chi connectivity index (χ3n) is 5.37. The van der Waals surface area contributed by atoms with Gasteiger partial charge < -0.3 is 9.64 Å². The van der Waals surface area contributed by atoms with E-state index in [2.05, 4.69) is 18.2 Å². The Balaban J connectivity index is 0.00000150. The molecule has 1 aromatic heterocycles. The molecular weight excluding hydrogens is 438 g/mol. The van der Waals surface area contributed by atoms with Crippen LogP contribution in [0, 0.1) is 0 Å². The third kappa shape index (κ3) is 6.05. The Hall–Kier alpha value is 0.943. The average Bonchev–Trinajstić information content (AvgIpc) is 2.85. The second-order valence-electron chi connectivity index (χ2n) is 6.98. The van der Waals surface area contributed by atoms with Crippen LogP contribution in [0.4, 0.5) is 4.79 Å². The topological polar surface area (TPSA) is 42.4 Å². The summed E-state index contributed by atoms with van der Waals surface area (Å²) in [5, 5.41) is 0.772. The fourth-order valence-electron chi connectivity index (χ4n) is 4.06. The van der Waals surface area contributed by atoms with E-state index in [1.54, 1.807) is 4.90 Å². The van der Waals surface area contributed by atoms with Gasteiger partial charge in [-0.05, 0) is 67.5 Å². The third-order valence-corrected chi connectivity index (χ3v) is 5.61. The fraction of sp³-hybridized carbons (Fsp3) is 0.364. The minimum atomic E-state index is -0.215. The van der Waals surface area contributed by atoms with E-state index in [9.17, 15) is 4.79 Å². The Morgan fingerprint density at radius 1 is 1.10 bits per heavy atom. The van der Waals surface area contributed by atoms with Gasteiger partial charge in [0.05, 0.1) is 12.3 Å². The second-order valence-corrected chi connectivity index (χ2v) is 7.41. The van der Waals surface area contributed by atoms with Crippen molar-refractivity contribution in [1.82, 2.24) is 9.88 Å². The van der Waals surface area contributed by atoms with Crippen LogP contribution in [0.25, 0.3) is 5.57 Å². The molecule has 2 aliphatic rings. The Morgan fingerprint density at radius 3 is 2.55 bits per heavy atom. The number of aryl methyl sites for hydroxylation is 2. The molecule has 0 spiro atoms. The van der Waals surface area contributed by atoms with Gasteiger partial charge in [-0.25, -0.2) is 4.79 Å². The molecule has 2 heterocycles. The molecule has 1 aliphatic heterocycles. The van der Waals surface area contributed by atoms with Crippen LogP contribution >= 0.6 is 11.6 Å². The molecule has 1 fully saturated rings. The SMILES string of the molecule is CCOC(=O)N1CCC(=C2c3ccc(Cl)cc3CCc3cccnc32)CC1.[KH].[KH]. The van der Waals surface area contributed by atoms with Crippen molar-refractivity contribution in [3.05, 3.63) is 69.5 Å². The van der Waals surface area contributed by atoms with Crippen molar-refractivity contribution in [1.29, 1.82) is 0 Å². The fourth-order valence-corrected chi connectivity index (χ4v) is 4.25. The molecule has 4 nitrogen and oxygen atoms in total. The molecule has 0 unspecified atom stereocenters. The molecule has 0 saturated carbocycles. The van der Waals surface area contributed by atoms with Gasteiger partial charge in [0.25, 0.3) is 0 Å². The number of carbonyl (C=O) groups excluding carboxylic acids is 1. The number of likely N-dealkylation sites (tertiary alicyclic amines) is 1.